The largest absolute Gasteiger partial charge is 0.494 e. The minimum Gasteiger partial charge on any atom is -0.399 e. The Balaban J connectivity index is 1.37. The summed E-state index contributed by atoms with van der Waals surface area (Å²) in [6, 6.07) is 32.8. The van der Waals surface area contributed by atoms with E-state index in [-0.39, 0.29) is 0 Å². The molecule has 200 valence electrons. The van der Waals surface area contributed by atoms with E-state index in [0.29, 0.717) is 23.2 Å². The summed E-state index contributed by atoms with van der Waals surface area (Å²) in [6.45, 7) is 8.24. The highest BCUT2D eigenvalue weighted by Gasteiger charge is 2.51. The lowest BCUT2D eigenvalue weighted by Crippen LogP contribution is -2.41. The Labute approximate surface area is 239 Å². The molecule has 0 spiro atoms. The molecule has 41 heavy (non-hydrogen) atoms. The van der Waals surface area contributed by atoms with Crippen LogP contribution in [0.3, 0.4) is 0 Å². The predicted molar refractivity (Wildman–Crippen MR) is 165 cm³/mol. The molecule has 2 aromatic heterocycles. The van der Waals surface area contributed by atoms with Crippen molar-refractivity contribution in [3.63, 3.8) is 0 Å². The predicted octanol–water partition coefficient (Wildman–Crippen LogP) is 6.87. The summed E-state index contributed by atoms with van der Waals surface area (Å²) in [5.41, 5.74) is 2.66. The van der Waals surface area contributed by atoms with Gasteiger partial charge in [-0.3, -0.25) is 4.98 Å². The normalized spacial score (nSPS) is 16.0. The van der Waals surface area contributed by atoms with Crippen molar-refractivity contribution in [2.75, 3.05) is 0 Å². The Morgan fingerprint density at radius 1 is 0.585 bits per heavy atom. The van der Waals surface area contributed by atoms with E-state index < -0.39 is 18.3 Å². The van der Waals surface area contributed by atoms with E-state index in [1.54, 1.807) is 6.20 Å². The van der Waals surface area contributed by atoms with Crippen LogP contribution in [0.1, 0.15) is 27.7 Å². The van der Waals surface area contributed by atoms with E-state index in [4.69, 9.17) is 24.3 Å². The van der Waals surface area contributed by atoms with Crippen LogP contribution in [0, 0.1) is 0 Å². The van der Waals surface area contributed by atoms with Gasteiger partial charge in [-0.1, -0.05) is 78.9 Å². The highest BCUT2D eigenvalue weighted by atomic mass is 16.7. The van der Waals surface area contributed by atoms with Crippen molar-refractivity contribution >= 4 is 34.1 Å². The maximum Gasteiger partial charge on any atom is 0.494 e. The molecule has 0 unspecified atom stereocenters. The van der Waals surface area contributed by atoms with Crippen molar-refractivity contribution in [2.45, 2.75) is 38.9 Å². The zero-order valence-electron chi connectivity index (χ0n) is 23.5. The highest BCUT2D eigenvalue weighted by Crippen LogP contribution is 2.37. The number of hydrogen-bond donors (Lipinski definition) is 0. The fraction of sp³-hybridized carbons (Fsp3) is 0.176. The summed E-state index contributed by atoms with van der Waals surface area (Å²) in [4.78, 5) is 19.4. The lowest BCUT2D eigenvalue weighted by Gasteiger charge is -2.32. The van der Waals surface area contributed by atoms with Crippen LogP contribution in [0.4, 0.5) is 0 Å². The summed E-state index contributed by atoms with van der Waals surface area (Å²) in [5.74, 6) is 1.71. The topological polar surface area (TPSA) is 70.0 Å². The third-order valence-electron chi connectivity index (χ3n) is 8.23. The first kappa shape index (κ1) is 25.5. The molecule has 3 heterocycles. The fourth-order valence-electron chi connectivity index (χ4n) is 5.24. The number of benzene rings is 4. The van der Waals surface area contributed by atoms with Gasteiger partial charge in [0.1, 0.15) is 5.69 Å². The molecule has 7 rings (SSSR count). The minimum atomic E-state index is -0.434. The van der Waals surface area contributed by atoms with Gasteiger partial charge in [0.15, 0.2) is 17.5 Å². The molecule has 0 amide bonds. The van der Waals surface area contributed by atoms with Gasteiger partial charge < -0.3 is 9.31 Å². The Morgan fingerprint density at radius 3 is 1.90 bits per heavy atom. The van der Waals surface area contributed by atoms with Crippen LogP contribution >= 0.6 is 0 Å². The summed E-state index contributed by atoms with van der Waals surface area (Å²) < 4.78 is 12.5. The van der Waals surface area contributed by atoms with Gasteiger partial charge in [-0.05, 0) is 72.9 Å². The van der Waals surface area contributed by atoms with Crippen LogP contribution < -0.4 is 5.46 Å². The molecule has 6 nitrogen and oxygen atoms in total. The molecule has 0 aliphatic carbocycles. The summed E-state index contributed by atoms with van der Waals surface area (Å²) in [6.07, 6.45) is 1.75. The second kappa shape index (κ2) is 9.58. The van der Waals surface area contributed by atoms with Crippen molar-refractivity contribution in [2.24, 2.45) is 0 Å². The number of rotatable bonds is 4. The molecule has 0 N–H and O–H groups in total. The van der Waals surface area contributed by atoms with Crippen LogP contribution in [-0.4, -0.2) is 38.3 Å². The Hall–Kier alpha value is -4.46. The smallest absolute Gasteiger partial charge is 0.399 e. The van der Waals surface area contributed by atoms with E-state index >= 15 is 0 Å². The molecule has 0 bridgehead atoms. The van der Waals surface area contributed by atoms with E-state index in [1.165, 1.54) is 5.39 Å². The Kier molecular flexibility index (Phi) is 5.96. The molecule has 1 fully saturated rings. The van der Waals surface area contributed by atoms with Crippen molar-refractivity contribution < 1.29 is 9.31 Å². The molecule has 1 aliphatic rings. The van der Waals surface area contributed by atoms with Crippen molar-refractivity contribution in [3.8, 4) is 34.3 Å². The monoisotopic (exact) mass is 536 g/mol. The van der Waals surface area contributed by atoms with E-state index in [2.05, 4.69) is 87.3 Å². The number of fused-ring (bicyclic) bond motifs is 3. The van der Waals surface area contributed by atoms with Gasteiger partial charge in [0.25, 0.3) is 0 Å². The van der Waals surface area contributed by atoms with Gasteiger partial charge in [0, 0.05) is 17.3 Å². The molecule has 1 aliphatic heterocycles. The number of pyridine rings is 1. The average Bonchev–Trinajstić information content (AvgIpc) is 3.23. The van der Waals surface area contributed by atoms with Crippen LogP contribution in [0.15, 0.2) is 103 Å². The fourth-order valence-corrected chi connectivity index (χ4v) is 5.24. The third kappa shape index (κ3) is 4.47. The van der Waals surface area contributed by atoms with Crippen molar-refractivity contribution in [1.82, 2.24) is 19.9 Å². The standard InChI is InChI=1S/C34H29BN4O2/c1-33(2)34(3,4)41-35(40-33)24-18-16-22(17-19-24)30-37-31(39-32(38-30)29-15-9-10-20-36-29)28-21-23-11-5-6-12-25(23)26-13-7-8-14-27(26)28/h5-21H,1-4H3. The zero-order valence-corrected chi connectivity index (χ0v) is 23.5. The van der Waals surface area contributed by atoms with Crippen LogP contribution in [-0.2, 0) is 9.31 Å². The molecular weight excluding hydrogens is 507 g/mol. The molecule has 4 aromatic carbocycles. The van der Waals surface area contributed by atoms with Gasteiger partial charge in [-0.25, -0.2) is 15.0 Å². The first-order chi connectivity index (χ1) is 19.8. The van der Waals surface area contributed by atoms with Crippen LogP contribution in [0.2, 0.25) is 0 Å². The van der Waals surface area contributed by atoms with Crippen LogP contribution in [0.5, 0.6) is 0 Å². The number of aromatic nitrogens is 4. The third-order valence-corrected chi connectivity index (χ3v) is 8.23. The first-order valence-corrected chi connectivity index (χ1v) is 13.8. The van der Waals surface area contributed by atoms with Crippen molar-refractivity contribution in [1.29, 1.82) is 0 Å². The number of hydrogen-bond acceptors (Lipinski definition) is 6. The summed E-state index contributed by atoms with van der Waals surface area (Å²) >= 11 is 0. The second-order valence-corrected chi connectivity index (χ2v) is 11.4. The molecule has 6 aromatic rings. The SMILES string of the molecule is CC1(C)OB(c2ccc(-c3nc(-c4ccccn4)nc(-c4cc5ccccc5c5ccccc45)n3)cc2)OC1(C)C. The quantitative estimate of drug-likeness (QED) is 0.181. The molecule has 0 saturated carbocycles. The molecule has 1 saturated heterocycles. The first-order valence-electron chi connectivity index (χ1n) is 13.8. The van der Waals surface area contributed by atoms with Gasteiger partial charge in [0.2, 0.25) is 0 Å². The van der Waals surface area contributed by atoms with Gasteiger partial charge >= 0.3 is 7.12 Å². The molecular formula is C34H29BN4O2. The maximum absolute atomic E-state index is 6.25. The van der Waals surface area contributed by atoms with E-state index in [0.717, 1.165) is 32.7 Å². The summed E-state index contributed by atoms with van der Waals surface area (Å²) in [7, 11) is -0.434. The second-order valence-electron chi connectivity index (χ2n) is 11.4. The minimum absolute atomic E-state index is 0.403. The van der Waals surface area contributed by atoms with Gasteiger partial charge in [-0.2, -0.15) is 0 Å². The maximum atomic E-state index is 6.25. The van der Waals surface area contributed by atoms with Gasteiger partial charge in [-0.15, -0.1) is 0 Å². The van der Waals surface area contributed by atoms with Gasteiger partial charge in [0.05, 0.1) is 11.2 Å². The van der Waals surface area contributed by atoms with Crippen molar-refractivity contribution in [3.05, 3.63) is 103 Å². The number of nitrogens with zero attached hydrogens (tertiary/aromatic N) is 4. The Morgan fingerprint density at radius 2 is 1.20 bits per heavy atom. The highest BCUT2D eigenvalue weighted by molar-refractivity contribution is 6.62. The summed E-state index contributed by atoms with van der Waals surface area (Å²) in [5, 5.41) is 4.58. The Bertz CT molecular complexity index is 1890. The molecule has 7 heteroatoms. The van der Waals surface area contributed by atoms with Crippen LogP contribution in [0.25, 0.3) is 55.8 Å². The van der Waals surface area contributed by atoms with E-state index in [1.807, 2.05) is 42.5 Å². The molecule has 0 atom stereocenters. The van der Waals surface area contributed by atoms with E-state index in [9.17, 15) is 0 Å². The lowest BCUT2D eigenvalue weighted by molar-refractivity contribution is 0.00578. The zero-order chi connectivity index (χ0) is 28.2. The molecule has 0 radical (unpaired) electrons. The lowest BCUT2D eigenvalue weighted by atomic mass is 9.79. The average molecular weight is 536 g/mol.